The summed E-state index contributed by atoms with van der Waals surface area (Å²) in [6, 6.07) is 6.10. The predicted octanol–water partition coefficient (Wildman–Crippen LogP) is 3.97. The van der Waals surface area contributed by atoms with Crippen molar-refractivity contribution in [3.05, 3.63) is 52.1 Å². The molecule has 0 aliphatic rings. The molecule has 0 aliphatic carbocycles. The molecule has 26 heavy (non-hydrogen) atoms. The van der Waals surface area contributed by atoms with Gasteiger partial charge in [-0.25, -0.2) is 9.07 Å². The summed E-state index contributed by atoms with van der Waals surface area (Å²) in [6.45, 7) is 6.13. The molecule has 142 valence electrons. The molecule has 0 aliphatic heterocycles. The zero-order valence-electron chi connectivity index (χ0n) is 15.2. The summed E-state index contributed by atoms with van der Waals surface area (Å²) in [5, 5.41) is 7.46. The molecule has 5 nitrogen and oxygen atoms in total. The van der Waals surface area contributed by atoms with Crippen molar-refractivity contribution in [2.24, 2.45) is 0 Å². The highest BCUT2D eigenvalue weighted by Crippen LogP contribution is 2.21. The van der Waals surface area contributed by atoms with E-state index in [-0.39, 0.29) is 16.9 Å². The van der Waals surface area contributed by atoms with Crippen LogP contribution in [0.25, 0.3) is 0 Å². The maximum atomic E-state index is 13.0. The van der Waals surface area contributed by atoms with Crippen LogP contribution in [0.2, 0.25) is 5.15 Å². The number of nitrogens with zero attached hydrogens (tertiary/aromatic N) is 2. The Bertz CT molecular complexity index is 716. The average Bonchev–Trinajstić information content (AvgIpc) is 2.89. The molecule has 0 fully saturated rings. The van der Waals surface area contributed by atoms with Gasteiger partial charge < -0.3 is 10.1 Å². The number of benzene rings is 1. The van der Waals surface area contributed by atoms with Crippen molar-refractivity contribution in [3.63, 3.8) is 0 Å². The van der Waals surface area contributed by atoms with Gasteiger partial charge in [-0.05, 0) is 37.5 Å². The first kappa shape index (κ1) is 20.4. The molecule has 2 aromatic rings. The Kier molecular flexibility index (Phi) is 8.06. The van der Waals surface area contributed by atoms with Crippen LogP contribution >= 0.6 is 11.6 Å². The summed E-state index contributed by atoms with van der Waals surface area (Å²) in [5.74, 6) is -0.540. The predicted molar refractivity (Wildman–Crippen MR) is 100 cm³/mol. The van der Waals surface area contributed by atoms with E-state index in [0.717, 1.165) is 31.4 Å². The van der Waals surface area contributed by atoms with E-state index in [1.54, 1.807) is 23.7 Å². The molecule has 7 heteroatoms. The topological polar surface area (TPSA) is 56.1 Å². The lowest BCUT2D eigenvalue weighted by Gasteiger charge is -2.07. The first-order valence-electron chi connectivity index (χ1n) is 8.86. The van der Waals surface area contributed by atoms with E-state index in [4.69, 9.17) is 16.3 Å². The third-order valence-electron chi connectivity index (χ3n) is 3.93. The first-order chi connectivity index (χ1) is 12.5. The van der Waals surface area contributed by atoms with Crippen LogP contribution in [0.15, 0.2) is 24.3 Å². The lowest BCUT2D eigenvalue weighted by molar-refractivity contribution is 0.0940. The van der Waals surface area contributed by atoms with Crippen molar-refractivity contribution in [1.82, 2.24) is 15.1 Å². The van der Waals surface area contributed by atoms with Gasteiger partial charge in [-0.3, -0.25) is 4.79 Å². The third kappa shape index (κ3) is 5.81. The summed E-state index contributed by atoms with van der Waals surface area (Å²) in [5.41, 5.74) is 1.79. The van der Waals surface area contributed by atoms with E-state index in [1.165, 1.54) is 12.1 Å². The van der Waals surface area contributed by atoms with Crippen LogP contribution in [0, 0.1) is 12.7 Å². The lowest BCUT2D eigenvalue weighted by atomic mass is 10.2. The number of carbonyl (C=O) groups excluding carboxylic acids is 1. The number of ether oxygens (including phenoxy) is 1. The van der Waals surface area contributed by atoms with Gasteiger partial charge in [-0.2, -0.15) is 5.10 Å². The Morgan fingerprint density at radius 2 is 1.96 bits per heavy atom. The quantitative estimate of drug-likeness (QED) is 0.633. The molecular weight excluding hydrogens is 357 g/mol. The normalized spacial score (nSPS) is 10.9. The zero-order chi connectivity index (χ0) is 18.9. The highest BCUT2D eigenvalue weighted by atomic mass is 35.5. The van der Waals surface area contributed by atoms with Gasteiger partial charge >= 0.3 is 0 Å². The molecule has 2 rings (SSSR count). The number of carbonyl (C=O) groups is 1. The number of hydrogen-bond acceptors (Lipinski definition) is 3. The Labute approximate surface area is 158 Å². The minimum absolute atomic E-state index is 0.244. The molecule has 1 N–H and O–H groups in total. The number of nitrogens with one attached hydrogen (secondary N) is 1. The van der Waals surface area contributed by atoms with Crippen molar-refractivity contribution >= 4 is 17.5 Å². The largest absolute Gasteiger partial charge is 0.381 e. The second-order valence-electron chi connectivity index (χ2n) is 6.11. The van der Waals surface area contributed by atoms with Gasteiger partial charge in [0.05, 0.1) is 17.8 Å². The SMILES string of the molecule is CCCCOCCCNC(=O)c1c(C)nn(Cc2ccc(F)cc2)c1Cl. The molecular formula is C19H25ClFN3O2. The molecule has 1 heterocycles. The summed E-state index contributed by atoms with van der Waals surface area (Å²) >= 11 is 6.34. The van der Waals surface area contributed by atoms with Crippen molar-refractivity contribution in [3.8, 4) is 0 Å². The molecule has 0 bridgehead atoms. The Hall–Kier alpha value is -1.92. The molecule has 0 radical (unpaired) electrons. The van der Waals surface area contributed by atoms with E-state index in [9.17, 15) is 9.18 Å². The number of halogens is 2. The van der Waals surface area contributed by atoms with Gasteiger partial charge in [-0.15, -0.1) is 0 Å². The summed E-state index contributed by atoms with van der Waals surface area (Å²) in [7, 11) is 0. The maximum Gasteiger partial charge on any atom is 0.256 e. The number of amides is 1. The number of unbranched alkanes of at least 4 members (excludes halogenated alkanes) is 1. The van der Waals surface area contributed by atoms with Gasteiger partial charge in [0.1, 0.15) is 11.0 Å². The molecule has 0 spiro atoms. The minimum Gasteiger partial charge on any atom is -0.381 e. The Balaban J connectivity index is 1.89. The number of hydrogen-bond donors (Lipinski definition) is 1. The fourth-order valence-electron chi connectivity index (χ4n) is 2.49. The van der Waals surface area contributed by atoms with E-state index >= 15 is 0 Å². The van der Waals surface area contributed by atoms with Crippen LogP contribution in [-0.2, 0) is 11.3 Å². The fourth-order valence-corrected chi connectivity index (χ4v) is 2.81. The number of aryl methyl sites for hydroxylation is 1. The van der Waals surface area contributed by atoms with E-state index in [2.05, 4.69) is 17.3 Å². The first-order valence-corrected chi connectivity index (χ1v) is 9.24. The van der Waals surface area contributed by atoms with Gasteiger partial charge in [0.15, 0.2) is 0 Å². The molecule has 0 saturated carbocycles. The zero-order valence-corrected chi connectivity index (χ0v) is 16.0. The highest BCUT2D eigenvalue weighted by Gasteiger charge is 2.20. The third-order valence-corrected chi connectivity index (χ3v) is 4.32. The molecule has 0 atom stereocenters. The van der Waals surface area contributed by atoms with Gasteiger partial charge in [-0.1, -0.05) is 37.1 Å². The summed E-state index contributed by atoms with van der Waals surface area (Å²) in [4.78, 5) is 12.4. The van der Waals surface area contributed by atoms with Crippen molar-refractivity contribution in [2.45, 2.75) is 39.7 Å². The lowest BCUT2D eigenvalue weighted by Crippen LogP contribution is -2.26. The Morgan fingerprint density at radius 3 is 2.65 bits per heavy atom. The van der Waals surface area contributed by atoms with Crippen molar-refractivity contribution in [2.75, 3.05) is 19.8 Å². The molecule has 0 unspecified atom stereocenters. The van der Waals surface area contributed by atoms with Crippen LogP contribution in [0.4, 0.5) is 4.39 Å². The molecule has 1 aromatic carbocycles. The maximum absolute atomic E-state index is 13.0. The highest BCUT2D eigenvalue weighted by molar-refractivity contribution is 6.33. The van der Waals surface area contributed by atoms with Gasteiger partial charge in [0.25, 0.3) is 5.91 Å². The standard InChI is InChI=1S/C19H25ClFN3O2/c1-3-4-11-26-12-5-10-22-19(25)17-14(2)23-24(18(17)20)13-15-6-8-16(21)9-7-15/h6-9H,3-5,10-13H2,1-2H3,(H,22,25). The smallest absolute Gasteiger partial charge is 0.256 e. The monoisotopic (exact) mass is 381 g/mol. The van der Waals surface area contributed by atoms with E-state index in [1.807, 2.05) is 0 Å². The second-order valence-corrected chi connectivity index (χ2v) is 6.47. The average molecular weight is 382 g/mol. The molecule has 1 aromatic heterocycles. The van der Waals surface area contributed by atoms with Crippen LogP contribution in [0.3, 0.4) is 0 Å². The second kappa shape index (κ2) is 10.3. The fraction of sp³-hybridized carbons (Fsp3) is 0.474. The Morgan fingerprint density at radius 1 is 1.27 bits per heavy atom. The van der Waals surface area contributed by atoms with Gasteiger partial charge in [0.2, 0.25) is 0 Å². The van der Waals surface area contributed by atoms with Crippen LogP contribution < -0.4 is 5.32 Å². The van der Waals surface area contributed by atoms with Crippen molar-refractivity contribution in [1.29, 1.82) is 0 Å². The van der Waals surface area contributed by atoms with Crippen LogP contribution in [0.5, 0.6) is 0 Å². The van der Waals surface area contributed by atoms with E-state index < -0.39 is 0 Å². The minimum atomic E-state index is -0.296. The molecule has 0 saturated heterocycles. The van der Waals surface area contributed by atoms with Gasteiger partial charge in [0, 0.05) is 19.8 Å². The number of rotatable bonds is 10. The summed E-state index contributed by atoms with van der Waals surface area (Å²) < 4.78 is 20.0. The van der Waals surface area contributed by atoms with Crippen LogP contribution in [0.1, 0.15) is 47.8 Å². The van der Waals surface area contributed by atoms with Crippen LogP contribution in [-0.4, -0.2) is 35.4 Å². The van der Waals surface area contributed by atoms with E-state index in [0.29, 0.717) is 31.0 Å². The van der Waals surface area contributed by atoms with Crippen molar-refractivity contribution < 1.29 is 13.9 Å². The number of aromatic nitrogens is 2. The molecule has 1 amide bonds. The summed E-state index contributed by atoms with van der Waals surface area (Å²) in [6.07, 6.45) is 2.90.